The Morgan fingerprint density at radius 3 is 1.90 bits per heavy atom. The third kappa shape index (κ3) is 4.54. The monoisotopic (exact) mass is 319 g/mol. The number of aliphatic carboxylic acids is 1. The fraction of sp³-hybridized carbons (Fsp3) is 0.833. The van der Waals surface area contributed by atoms with Crippen LogP contribution in [0.4, 0.5) is 0 Å². The summed E-state index contributed by atoms with van der Waals surface area (Å²) in [6.45, 7) is 0. The lowest BCUT2D eigenvalue weighted by molar-refractivity contribution is -0.138. The molecule has 6 nitrogen and oxygen atoms in total. The summed E-state index contributed by atoms with van der Waals surface area (Å²) in [6, 6.07) is -0.540. The lowest BCUT2D eigenvalue weighted by Crippen LogP contribution is -2.47. The van der Waals surface area contributed by atoms with Gasteiger partial charge in [-0.25, -0.2) is 0 Å². The molecule has 2 fully saturated rings. The zero-order valence-corrected chi connectivity index (χ0v) is 12.9. The minimum absolute atomic E-state index is 0.0469. The number of rotatable bonds is 9. The van der Waals surface area contributed by atoms with Gasteiger partial charge in [0.25, 0.3) is 0 Å². The van der Waals surface area contributed by atoms with E-state index >= 15 is 0 Å². The minimum Gasteiger partial charge on any atom is -0.480 e. The Hall–Kier alpha value is -0.440. The van der Waals surface area contributed by atoms with Crippen molar-refractivity contribution in [3.63, 3.8) is 0 Å². The Morgan fingerprint density at radius 1 is 1.05 bits per heavy atom. The van der Waals surface area contributed by atoms with E-state index in [1.807, 2.05) is 4.90 Å². The highest BCUT2D eigenvalue weighted by molar-refractivity contribution is 8.76. The van der Waals surface area contributed by atoms with Gasteiger partial charge >= 0.3 is 5.97 Å². The van der Waals surface area contributed by atoms with E-state index in [4.69, 9.17) is 16.6 Å². The zero-order chi connectivity index (χ0) is 14.7. The predicted octanol–water partition coefficient (Wildman–Crippen LogP) is 0.260. The molecule has 2 rings (SSSR count). The van der Waals surface area contributed by atoms with Gasteiger partial charge in [-0.05, 0) is 25.7 Å². The highest BCUT2D eigenvalue weighted by Crippen LogP contribution is 2.37. The molecule has 0 unspecified atom stereocenters. The maximum atomic E-state index is 12.3. The van der Waals surface area contributed by atoms with Gasteiger partial charge in [0, 0.05) is 23.6 Å². The molecule has 0 spiro atoms. The highest BCUT2D eigenvalue weighted by Gasteiger charge is 2.43. The average Bonchev–Trinajstić information content (AvgIpc) is 3.26. The normalized spacial score (nSPS) is 21.3. The fourth-order valence-electron chi connectivity index (χ4n) is 1.94. The molecule has 114 valence electrons. The van der Waals surface area contributed by atoms with E-state index in [9.17, 15) is 9.59 Å². The maximum Gasteiger partial charge on any atom is 0.321 e. The van der Waals surface area contributed by atoms with Gasteiger partial charge in [0.05, 0.1) is 6.04 Å². The molecular weight excluding hydrogens is 298 g/mol. The molecule has 2 atom stereocenters. The van der Waals surface area contributed by atoms with Crippen LogP contribution in [0, 0.1) is 0 Å². The standard InChI is InChI=1S/C12H21N3O3S2/c13-9(5-19-20-6-10(14)12(17)18)11(16)15(7-1-2-7)8-3-4-8/h7-10H,1-6,13-14H2,(H,17,18)/t9-,10-/m0/s1. The van der Waals surface area contributed by atoms with Crippen LogP contribution in [0.2, 0.25) is 0 Å². The van der Waals surface area contributed by atoms with E-state index in [0.717, 1.165) is 25.7 Å². The first-order valence-corrected chi connectivity index (χ1v) is 9.30. The fourth-order valence-corrected chi connectivity index (χ4v) is 4.17. The summed E-state index contributed by atoms with van der Waals surface area (Å²) < 4.78 is 0. The number of nitrogens with zero attached hydrogens (tertiary/aromatic N) is 1. The summed E-state index contributed by atoms with van der Waals surface area (Å²) in [5.74, 6) is -0.153. The molecular formula is C12H21N3O3S2. The topological polar surface area (TPSA) is 110 Å². The number of amides is 1. The largest absolute Gasteiger partial charge is 0.480 e. The van der Waals surface area contributed by atoms with Crippen molar-refractivity contribution in [1.82, 2.24) is 4.90 Å². The van der Waals surface area contributed by atoms with Crippen LogP contribution in [0.1, 0.15) is 25.7 Å². The van der Waals surface area contributed by atoms with Gasteiger partial charge in [0.15, 0.2) is 0 Å². The van der Waals surface area contributed by atoms with Gasteiger partial charge in [0.1, 0.15) is 6.04 Å². The second kappa shape index (κ2) is 7.02. The van der Waals surface area contributed by atoms with E-state index in [1.54, 1.807) is 0 Å². The molecule has 2 saturated carbocycles. The summed E-state index contributed by atoms with van der Waals surface area (Å²) in [5, 5.41) is 8.65. The first-order chi connectivity index (χ1) is 9.50. The van der Waals surface area contributed by atoms with E-state index in [-0.39, 0.29) is 5.91 Å². The molecule has 0 aliphatic heterocycles. The number of hydrogen-bond acceptors (Lipinski definition) is 6. The summed E-state index contributed by atoms with van der Waals surface area (Å²) in [5.41, 5.74) is 11.4. The predicted molar refractivity (Wildman–Crippen MR) is 81.4 cm³/mol. The molecule has 1 amide bonds. The number of carboxylic acid groups (broad SMARTS) is 1. The van der Waals surface area contributed by atoms with Crippen molar-refractivity contribution in [1.29, 1.82) is 0 Å². The van der Waals surface area contributed by atoms with Gasteiger partial charge in [-0.2, -0.15) is 0 Å². The summed E-state index contributed by atoms with van der Waals surface area (Å²) in [7, 11) is 2.77. The molecule has 8 heteroatoms. The second-order valence-electron chi connectivity index (χ2n) is 5.33. The van der Waals surface area contributed by atoms with E-state index < -0.39 is 18.1 Å². The van der Waals surface area contributed by atoms with Gasteiger partial charge < -0.3 is 21.5 Å². The van der Waals surface area contributed by atoms with Crippen LogP contribution in [0.5, 0.6) is 0 Å². The van der Waals surface area contributed by atoms with Crippen molar-refractivity contribution >= 4 is 33.5 Å². The third-order valence-corrected chi connectivity index (χ3v) is 5.82. The SMILES string of the molecule is N[C@@H](CSSC[C@H](N)C(=O)N(C1CC1)C1CC1)C(=O)O. The van der Waals surface area contributed by atoms with Gasteiger partial charge in [-0.3, -0.25) is 9.59 Å². The average molecular weight is 319 g/mol. The number of hydrogen-bond donors (Lipinski definition) is 3. The van der Waals surface area contributed by atoms with Crippen LogP contribution >= 0.6 is 21.6 Å². The summed E-state index contributed by atoms with van der Waals surface area (Å²) >= 11 is 0. The van der Waals surface area contributed by atoms with Gasteiger partial charge in [-0.1, -0.05) is 21.6 Å². The molecule has 0 saturated heterocycles. The molecule has 0 heterocycles. The minimum atomic E-state index is -1.01. The molecule has 2 aliphatic rings. The molecule has 0 bridgehead atoms. The Bertz CT molecular complexity index is 363. The van der Waals surface area contributed by atoms with Gasteiger partial charge in [0.2, 0.25) is 5.91 Å². The van der Waals surface area contributed by atoms with Crippen molar-refractivity contribution in [2.24, 2.45) is 11.5 Å². The van der Waals surface area contributed by atoms with Crippen molar-refractivity contribution < 1.29 is 14.7 Å². The highest BCUT2D eigenvalue weighted by atomic mass is 33.1. The number of carbonyl (C=O) groups excluding carboxylic acids is 1. The van der Waals surface area contributed by atoms with Crippen molar-refractivity contribution in [3.05, 3.63) is 0 Å². The molecule has 2 aliphatic carbocycles. The zero-order valence-electron chi connectivity index (χ0n) is 11.2. The Balaban J connectivity index is 1.67. The van der Waals surface area contributed by atoms with E-state index in [1.165, 1.54) is 21.6 Å². The van der Waals surface area contributed by atoms with Crippen LogP contribution in [0.15, 0.2) is 0 Å². The van der Waals surface area contributed by atoms with Crippen LogP contribution in [0.25, 0.3) is 0 Å². The van der Waals surface area contributed by atoms with Crippen LogP contribution in [-0.2, 0) is 9.59 Å². The van der Waals surface area contributed by atoms with Crippen molar-refractivity contribution in [2.45, 2.75) is 49.9 Å². The van der Waals surface area contributed by atoms with Crippen molar-refractivity contribution in [3.8, 4) is 0 Å². The molecule has 0 radical (unpaired) electrons. The molecule has 5 N–H and O–H groups in total. The Kier molecular flexibility index (Phi) is 5.59. The first-order valence-electron chi connectivity index (χ1n) is 6.81. The van der Waals surface area contributed by atoms with Crippen LogP contribution in [-0.4, -0.2) is 57.6 Å². The quantitative estimate of drug-likeness (QED) is 0.413. The van der Waals surface area contributed by atoms with Crippen LogP contribution < -0.4 is 11.5 Å². The number of carboxylic acids is 1. The summed E-state index contributed by atoms with van der Waals surface area (Å²) in [6.07, 6.45) is 4.41. The van der Waals surface area contributed by atoms with Crippen molar-refractivity contribution in [2.75, 3.05) is 11.5 Å². The summed E-state index contributed by atoms with van der Waals surface area (Å²) in [4.78, 5) is 24.8. The molecule has 0 aromatic heterocycles. The van der Waals surface area contributed by atoms with E-state index in [2.05, 4.69) is 0 Å². The van der Waals surface area contributed by atoms with E-state index in [0.29, 0.717) is 23.6 Å². The Morgan fingerprint density at radius 2 is 1.50 bits per heavy atom. The molecule has 0 aromatic carbocycles. The second-order valence-corrected chi connectivity index (χ2v) is 7.88. The van der Waals surface area contributed by atoms with Gasteiger partial charge in [-0.15, -0.1) is 0 Å². The maximum absolute atomic E-state index is 12.3. The first kappa shape index (κ1) is 15.9. The lowest BCUT2D eigenvalue weighted by Gasteiger charge is -2.25. The molecule has 20 heavy (non-hydrogen) atoms. The molecule has 0 aromatic rings. The van der Waals surface area contributed by atoms with Crippen LogP contribution in [0.3, 0.4) is 0 Å². The third-order valence-electron chi connectivity index (χ3n) is 3.35. The smallest absolute Gasteiger partial charge is 0.321 e. The number of nitrogens with two attached hydrogens (primary N) is 2. The lowest BCUT2D eigenvalue weighted by atomic mass is 10.3. The number of carbonyl (C=O) groups is 2. The Labute approximate surface area is 126 Å².